The summed E-state index contributed by atoms with van der Waals surface area (Å²) < 4.78 is 5.53. The third kappa shape index (κ3) is 5.75. The number of allylic oxidation sites excluding steroid dienone is 1. The van der Waals surface area contributed by atoms with E-state index in [4.69, 9.17) is 4.42 Å². The summed E-state index contributed by atoms with van der Waals surface area (Å²) in [7, 11) is 5.92. The first-order chi connectivity index (χ1) is 11.2. The van der Waals surface area contributed by atoms with Crippen molar-refractivity contribution in [2.24, 2.45) is 4.99 Å². The number of hydrogen-bond donors (Lipinski definition) is 2. The fraction of sp³-hybridized carbons (Fsp3) is 0.611. The number of nitrogens with zero attached hydrogens (tertiary/aromatic N) is 2. The van der Waals surface area contributed by atoms with Crippen LogP contribution in [-0.2, 0) is 0 Å². The third-order valence-electron chi connectivity index (χ3n) is 4.31. The molecule has 0 bridgehead atoms. The number of aliphatic imine (C=N–C) groups is 1. The van der Waals surface area contributed by atoms with E-state index in [1.807, 2.05) is 19.2 Å². The largest absolute Gasteiger partial charge is 0.468 e. The lowest BCUT2D eigenvalue weighted by atomic mass is 9.97. The lowest BCUT2D eigenvalue weighted by Crippen LogP contribution is -2.42. The van der Waals surface area contributed by atoms with E-state index in [1.54, 1.807) is 11.8 Å². The maximum atomic E-state index is 5.53. The summed E-state index contributed by atoms with van der Waals surface area (Å²) >= 11 is 0. The Morgan fingerprint density at radius 3 is 2.83 bits per heavy atom. The maximum Gasteiger partial charge on any atom is 0.191 e. The van der Waals surface area contributed by atoms with E-state index in [2.05, 4.69) is 40.7 Å². The van der Waals surface area contributed by atoms with Gasteiger partial charge in [0, 0.05) is 20.1 Å². The van der Waals surface area contributed by atoms with Gasteiger partial charge in [-0.05, 0) is 58.3 Å². The molecule has 0 fully saturated rings. The second kappa shape index (κ2) is 9.40. The number of likely N-dealkylation sites (N-methyl/N-ethyl adjacent to an activating group) is 1. The van der Waals surface area contributed by atoms with Gasteiger partial charge < -0.3 is 15.1 Å². The molecule has 0 saturated heterocycles. The highest BCUT2D eigenvalue weighted by atomic mass is 16.3. The monoisotopic (exact) mass is 318 g/mol. The van der Waals surface area contributed by atoms with E-state index in [0.717, 1.165) is 31.2 Å². The van der Waals surface area contributed by atoms with Crippen LogP contribution in [0.25, 0.3) is 0 Å². The van der Waals surface area contributed by atoms with Gasteiger partial charge in [0.15, 0.2) is 5.96 Å². The Morgan fingerprint density at radius 2 is 2.22 bits per heavy atom. The van der Waals surface area contributed by atoms with Crippen molar-refractivity contribution in [3.8, 4) is 0 Å². The Kier molecular flexibility index (Phi) is 7.20. The highest BCUT2D eigenvalue weighted by Gasteiger charge is 2.17. The summed E-state index contributed by atoms with van der Waals surface area (Å²) in [5.41, 5.74) is 1.58. The second-order valence-electron chi connectivity index (χ2n) is 6.23. The van der Waals surface area contributed by atoms with Crippen LogP contribution in [0.3, 0.4) is 0 Å². The molecule has 2 rings (SSSR count). The van der Waals surface area contributed by atoms with E-state index in [0.29, 0.717) is 0 Å². The van der Waals surface area contributed by atoms with Crippen molar-refractivity contribution in [3.05, 3.63) is 35.8 Å². The average Bonchev–Trinajstić information content (AvgIpc) is 3.08. The third-order valence-corrected chi connectivity index (χ3v) is 4.31. The van der Waals surface area contributed by atoms with Gasteiger partial charge in [0.2, 0.25) is 0 Å². The van der Waals surface area contributed by atoms with E-state index < -0.39 is 0 Å². The second-order valence-corrected chi connectivity index (χ2v) is 6.23. The molecule has 1 aliphatic rings. The number of guanidine groups is 1. The molecule has 128 valence electrons. The van der Waals surface area contributed by atoms with Crippen molar-refractivity contribution in [2.75, 3.05) is 34.2 Å². The summed E-state index contributed by atoms with van der Waals surface area (Å²) in [6, 6.07) is 4.12. The first-order valence-electron chi connectivity index (χ1n) is 8.53. The molecule has 1 heterocycles. The molecule has 1 aliphatic carbocycles. The van der Waals surface area contributed by atoms with Crippen molar-refractivity contribution >= 4 is 5.96 Å². The Bertz CT molecular complexity index is 505. The van der Waals surface area contributed by atoms with Crippen LogP contribution in [0.15, 0.2) is 39.5 Å². The highest BCUT2D eigenvalue weighted by Crippen LogP contribution is 2.19. The first kappa shape index (κ1) is 17.6. The van der Waals surface area contributed by atoms with Crippen LogP contribution < -0.4 is 10.6 Å². The van der Waals surface area contributed by atoms with Crippen LogP contribution in [0.1, 0.15) is 43.9 Å². The van der Waals surface area contributed by atoms with Crippen LogP contribution in [0, 0.1) is 0 Å². The smallest absolute Gasteiger partial charge is 0.191 e. The fourth-order valence-corrected chi connectivity index (χ4v) is 2.91. The molecule has 1 unspecified atom stereocenters. The van der Waals surface area contributed by atoms with Crippen molar-refractivity contribution in [1.29, 1.82) is 0 Å². The quantitative estimate of drug-likeness (QED) is 0.461. The summed E-state index contributed by atoms with van der Waals surface area (Å²) in [4.78, 5) is 6.45. The standard InChI is InChI=1S/C18H30N4O/c1-19-18(20-12-11-15-8-5-4-6-9-15)21-14-16(22(2)3)17-10-7-13-23-17/h7-8,10,13,16H,4-6,9,11-12,14H2,1-3H3,(H2,19,20,21). The van der Waals surface area contributed by atoms with E-state index >= 15 is 0 Å². The number of nitrogens with one attached hydrogen (secondary N) is 2. The van der Waals surface area contributed by atoms with Gasteiger partial charge in [-0.3, -0.25) is 9.89 Å². The molecule has 1 aromatic rings. The molecule has 1 aromatic heterocycles. The Morgan fingerprint density at radius 1 is 1.35 bits per heavy atom. The van der Waals surface area contributed by atoms with Gasteiger partial charge in [0.05, 0.1) is 12.3 Å². The number of furan rings is 1. The minimum atomic E-state index is 0.185. The minimum absolute atomic E-state index is 0.185. The summed E-state index contributed by atoms with van der Waals surface area (Å²) in [5, 5.41) is 6.80. The van der Waals surface area contributed by atoms with E-state index in [1.165, 1.54) is 25.7 Å². The van der Waals surface area contributed by atoms with Gasteiger partial charge in [-0.1, -0.05) is 11.6 Å². The predicted octanol–water partition coefficient (Wildman–Crippen LogP) is 2.94. The zero-order valence-corrected chi connectivity index (χ0v) is 14.6. The Balaban J connectivity index is 1.76. The molecule has 0 aromatic carbocycles. The van der Waals surface area contributed by atoms with Crippen molar-refractivity contribution in [3.63, 3.8) is 0 Å². The minimum Gasteiger partial charge on any atom is -0.468 e. The summed E-state index contributed by atoms with van der Waals surface area (Å²) in [6.45, 7) is 1.68. The fourth-order valence-electron chi connectivity index (χ4n) is 2.91. The average molecular weight is 318 g/mol. The Labute approximate surface area is 139 Å². The van der Waals surface area contributed by atoms with Gasteiger partial charge >= 0.3 is 0 Å². The van der Waals surface area contributed by atoms with E-state index in [-0.39, 0.29) is 6.04 Å². The number of rotatable bonds is 7. The van der Waals surface area contributed by atoms with Gasteiger partial charge in [-0.2, -0.15) is 0 Å². The molecular formula is C18H30N4O. The van der Waals surface area contributed by atoms with Gasteiger partial charge in [0.1, 0.15) is 5.76 Å². The number of hydrogen-bond acceptors (Lipinski definition) is 3. The molecule has 5 nitrogen and oxygen atoms in total. The zero-order chi connectivity index (χ0) is 16.5. The van der Waals surface area contributed by atoms with Crippen molar-refractivity contribution in [1.82, 2.24) is 15.5 Å². The summed E-state index contributed by atoms with van der Waals surface area (Å²) in [6.07, 6.45) is 10.4. The van der Waals surface area contributed by atoms with Gasteiger partial charge in [-0.15, -0.1) is 0 Å². The summed E-state index contributed by atoms with van der Waals surface area (Å²) in [5.74, 6) is 1.81. The molecule has 0 radical (unpaired) electrons. The zero-order valence-electron chi connectivity index (χ0n) is 14.6. The van der Waals surface area contributed by atoms with Gasteiger partial charge in [0.25, 0.3) is 0 Å². The Hall–Kier alpha value is -1.75. The molecule has 23 heavy (non-hydrogen) atoms. The molecule has 2 N–H and O–H groups in total. The topological polar surface area (TPSA) is 52.8 Å². The van der Waals surface area contributed by atoms with Crippen molar-refractivity contribution in [2.45, 2.75) is 38.1 Å². The van der Waals surface area contributed by atoms with Crippen LogP contribution in [0.4, 0.5) is 0 Å². The molecule has 1 atom stereocenters. The predicted molar refractivity (Wildman–Crippen MR) is 95.7 cm³/mol. The lowest BCUT2D eigenvalue weighted by molar-refractivity contribution is 0.258. The van der Waals surface area contributed by atoms with Crippen LogP contribution in [0.2, 0.25) is 0 Å². The molecular weight excluding hydrogens is 288 g/mol. The SMILES string of the molecule is CN=C(NCCC1=CCCCC1)NCC(c1ccco1)N(C)C. The molecule has 0 saturated carbocycles. The van der Waals surface area contributed by atoms with E-state index in [9.17, 15) is 0 Å². The van der Waals surface area contributed by atoms with Crippen LogP contribution in [-0.4, -0.2) is 45.1 Å². The first-order valence-corrected chi connectivity index (χ1v) is 8.53. The highest BCUT2D eigenvalue weighted by molar-refractivity contribution is 5.79. The van der Waals surface area contributed by atoms with Crippen LogP contribution >= 0.6 is 0 Å². The normalized spacial score (nSPS) is 17.0. The maximum absolute atomic E-state index is 5.53. The molecule has 0 spiro atoms. The van der Waals surface area contributed by atoms with Gasteiger partial charge in [-0.25, -0.2) is 0 Å². The molecule has 0 amide bonds. The van der Waals surface area contributed by atoms with Crippen molar-refractivity contribution < 1.29 is 4.42 Å². The lowest BCUT2D eigenvalue weighted by Gasteiger charge is -2.24. The van der Waals surface area contributed by atoms with Crippen LogP contribution in [0.5, 0.6) is 0 Å². The molecule has 0 aliphatic heterocycles. The molecule has 5 heteroatoms.